The monoisotopic (exact) mass is 327 g/mol. The lowest BCUT2D eigenvalue weighted by molar-refractivity contribution is -0.128. The molecule has 2 aliphatic rings. The van der Waals surface area contributed by atoms with Crippen molar-refractivity contribution in [2.45, 2.75) is 52.5 Å². The van der Waals surface area contributed by atoms with Gasteiger partial charge in [0.1, 0.15) is 5.82 Å². The van der Waals surface area contributed by atoms with E-state index in [0.29, 0.717) is 24.3 Å². The molecule has 1 amide bonds. The van der Waals surface area contributed by atoms with Crippen LogP contribution in [0.5, 0.6) is 0 Å². The molecule has 0 spiro atoms. The van der Waals surface area contributed by atoms with Gasteiger partial charge in [-0.2, -0.15) is 9.61 Å². The molecule has 1 N–H and O–H groups in total. The first-order chi connectivity index (χ1) is 11.6. The minimum absolute atomic E-state index is 0.323. The van der Waals surface area contributed by atoms with Crippen LogP contribution in [0.1, 0.15) is 43.1 Å². The molecule has 0 bridgehead atoms. The van der Waals surface area contributed by atoms with Crippen molar-refractivity contribution in [1.82, 2.24) is 19.5 Å². The summed E-state index contributed by atoms with van der Waals surface area (Å²) in [6.07, 6.45) is 3.92. The summed E-state index contributed by atoms with van der Waals surface area (Å²) in [5.74, 6) is 1.68. The Balaban J connectivity index is 1.54. The van der Waals surface area contributed by atoms with E-state index in [9.17, 15) is 4.79 Å². The molecule has 4 rings (SSSR count). The summed E-state index contributed by atoms with van der Waals surface area (Å²) in [6, 6.07) is 2.60. The lowest BCUT2D eigenvalue weighted by Crippen LogP contribution is -2.28. The molecular weight excluding hydrogens is 302 g/mol. The van der Waals surface area contributed by atoms with Crippen molar-refractivity contribution in [3.05, 3.63) is 23.0 Å². The van der Waals surface area contributed by atoms with Gasteiger partial charge in [-0.1, -0.05) is 6.92 Å². The van der Waals surface area contributed by atoms with Crippen LogP contribution in [0, 0.1) is 19.8 Å². The molecule has 0 aromatic carbocycles. The minimum atomic E-state index is 0.323. The quantitative estimate of drug-likeness (QED) is 0.915. The molecule has 1 aliphatic carbocycles. The molecule has 1 aliphatic heterocycles. The number of hydrogen-bond donors (Lipinski definition) is 1. The fourth-order valence-electron chi connectivity index (χ4n) is 3.52. The maximum Gasteiger partial charge on any atom is 0.223 e. The second-order valence-corrected chi connectivity index (χ2v) is 7.16. The van der Waals surface area contributed by atoms with E-state index in [1.54, 1.807) is 0 Å². The Morgan fingerprint density at radius 1 is 1.33 bits per heavy atom. The molecule has 128 valence electrons. The molecule has 2 fully saturated rings. The Bertz CT molecular complexity index is 792. The number of amides is 1. The maximum absolute atomic E-state index is 12.1. The van der Waals surface area contributed by atoms with Gasteiger partial charge in [0.15, 0.2) is 5.65 Å². The van der Waals surface area contributed by atoms with Crippen LogP contribution in [-0.2, 0) is 11.2 Å². The first-order valence-corrected chi connectivity index (χ1v) is 8.96. The minimum Gasteiger partial charge on any atom is -0.370 e. The smallest absolute Gasteiger partial charge is 0.223 e. The van der Waals surface area contributed by atoms with Crippen LogP contribution in [0.25, 0.3) is 5.65 Å². The van der Waals surface area contributed by atoms with Gasteiger partial charge >= 0.3 is 0 Å². The number of rotatable bonds is 5. The van der Waals surface area contributed by atoms with Gasteiger partial charge in [-0.05, 0) is 33.1 Å². The molecule has 0 unspecified atom stereocenters. The Morgan fingerprint density at radius 3 is 2.83 bits per heavy atom. The van der Waals surface area contributed by atoms with Gasteiger partial charge in [0.2, 0.25) is 5.91 Å². The van der Waals surface area contributed by atoms with E-state index in [4.69, 9.17) is 4.98 Å². The van der Waals surface area contributed by atoms with Crippen molar-refractivity contribution in [2.75, 3.05) is 18.4 Å². The zero-order chi connectivity index (χ0) is 16.8. The molecule has 1 saturated carbocycles. The topological polar surface area (TPSA) is 62.5 Å². The first kappa shape index (κ1) is 15.4. The van der Waals surface area contributed by atoms with Gasteiger partial charge in [-0.25, -0.2) is 4.98 Å². The van der Waals surface area contributed by atoms with Crippen LogP contribution in [0.4, 0.5) is 5.82 Å². The highest BCUT2D eigenvalue weighted by Crippen LogP contribution is 2.32. The summed E-state index contributed by atoms with van der Waals surface area (Å²) in [5.41, 5.74) is 4.13. The van der Waals surface area contributed by atoms with Crippen molar-refractivity contribution in [3.63, 3.8) is 0 Å². The Hall–Kier alpha value is -2.11. The highest BCUT2D eigenvalue weighted by atomic mass is 16.2. The van der Waals surface area contributed by atoms with Gasteiger partial charge < -0.3 is 10.2 Å². The molecule has 24 heavy (non-hydrogen) atoms. The summed E-state index contributed by atoms with van der Waals surface area (Å²) >= 11 is 0. The molecule has 3 heterocycles. The van der Waals surface area contributed by atoms with E-state index >= 15 is 0 Å². The number of hydrogen-bond acceptors (Lipinski definition) is 4. The molecular formula is C18H25N5O. The molecule has 1 atom stereocenters. The van der Waals surface area contributed by atoms with Crippen LogP contribution in [-0.4, -0.2) is 44.5 Å². The van der Waals surface area contributed by atoms with Crippen LogP contribution >= 0.6 is 0 Å². The van der Waals surface area contributed by atoms with Gasteiger partial charge in [0.05, 0.1) is 5.69 Å². The van der Waals surface area contributed by atoms with Crippen molar-refractivity contribution < 1.29 is 4.79 Å². The first-order valence-electron chi connectivity index (χ1n) is 8.96. The van der Waals surface area contributed by atoms with E-state index in [2.05, 4.69) is 35.2 Å². The third kappa shape index (κ3) is 2.64. The summed E-state index contributed by atoms with van der Waals surface area (Å²) < 4.78 is 1.90. The number of nitrogens with one attached hydrogen (secondary N) is 1. The normalized spacial score (nSPS) is 21.0. The predicted octanol–water partition coefficient (Wildman–Crippen LogP) is 2.33. The Morgan fingerprint density at radius 2 is 2.12 bits per heavy atom. The maximum atomic E-state index is 12.1. The summed E-state index contributed by atoms with van der Waals surface area (Å²) in [7, 11) is 0. The highest BCUT2D eigenvalue weighted by molar-refractivity contribution is 5.79. The Kier molecular flexibility index (Phi) is 3.70. The standard InChI is InChI=1S/C18H25N5O/c1-4-14-8-16(23-18(20-14)11(2)12(3)21-23)19-9-13-7-17(24)22(10-13)15-5-6-15/h8,13,15,19H,4-7,9-10H2,1-3H3/t13-/m1/s1. The number of carbonyl (C=O) groups is 1. The number of anilines is 1. The van der Waals surface area contributed by atoms with E-state index in [0.717, 1.165) is 47.9 Å². The van der Waals surface area contributed by atoms with Gasteiger partial charge in [-0.15, -0.1) is 0 Å². The van der Waals surface area contributed by atoms with Gasteiger partial charge in [0, 0.05) is 48.8 Å². The van der Waals surface area contributed by atoms with Crippen molar-refractivity contribution in [1.29, 1.82) is 0 Å². The molecule has 2 aromatic heterocycles. The van der Waals surface area contributed by atoms with Crippen LogP contribution in [0.2, 0.25) is 0 Å². The SMILES string of the molecule is CCc1cc(NC[C@H]2CC(=O)N(C3CC3)C2)n2nc(C)c(C)c2n1. The second kappa shape index (κ2) is 5.76. The van der Waals surface area contributed by atoms with Crippen LogP contribution in [0.3, 0.4) is 0 Å². The van der Waals surface area contributed by atoms with Crippen molar-refractivity contribution in [3.8, 4) is 0 Å². The van der Waals surface area contributed by atoms with Gasteiger partial charge in [0.25, 0.3) is 0 Å². The predicted molar refractivity (Wildman–Crippen MR) is 93.2 cm³/mol. The number of aromatic nitrogens is 3. The van der Waals surface area contributed by atoms with Crippen LogP contribution in [0.15, 0.2) is 6.07 Å². The van der Waals surface area contributed by atoms with Gasteiger partial charge in [-0.3, -0.25) is 4.79 Å². The average Bonchev–Trinajstić information content (AvgIpc) is 3.29. The largest absolute Gasteiger partial charge is 0.370 e. The number of nitrogens with zero attached hydrogens (tertiary/aromatic N) is 4. The van der Waals surface area contributed by atoms with E-state index in [-0.39, 0.29) is 0 Å². The van der Waals surface area contributed by atoms with E-state index in [1.165, 1.54) is 12.8 Å². The van der Waals surface area contributed by atoms with Crippen molar-refractivity contribution in [2.24, 2.45) is 5.92 Å². The third-order valence-electron chi connectivity index (χ3n) is 5.27. The molecule has 0 radical (unpaired) electrons. The number of aryl methyl sites for hydroxylation is 3. The zero-order valence-electron chi connectivity index (χ0n) is 14.7. The molecule has 6 heteroatoms. The Labute approximate surface area is 142 Å². The van der Waals surface area contributed by atoms with Crippen LogP contribution < -0.4 is 5.32 Å². The molecule has 1 saturated heterocycles. The summed E-state index contributed by atoms with van der Waals surface area (Å²) in [5, 5.41) is 8.14. The number of fused-ring (bicyclic) bond motifs is 1. The summed E-state index contributed by atoms with van der Waals surface area (Å²) in [6.45, 7) is 7.89. The van der Waals surface area contributed by atoms with E-state index < -0.39 is 0 Å². The summed E-state index contributed by atoms with van der Waals surface area (Å²) in [4.78, 5) is 18.9. The zero-order valence-corrected chi connectivity index (χ0v) is 14.7. The number of likely N-dealkylation sites (tertiary alicyclic amines) is 1. The van der Waals surface area contributed by atoms with E-state index in [1.807, 2.05) is 11.4 Å². The fourth-order valence-corrected chi connectivity index (χ4v) is 3.52. The average molecular weight is 327 g/mol. The lowest BCUT2D eigenvalue weighted by Gasteiger charge is -2.16. The third-order valence-corrected chi connectivity index (χ3v) is 5.27. The number of carbonyl (C=O) groups excluding carboxylic acids is 1. The molecule has 6 nitrogen and oxygen atoms in total. The lowest BCUT2D eigenvalue weighted by atomic mass is 10.1. The second-order valence-electron chi connectivity index (χ2n) is 7.16. The fraction of sp³-hybridized carbons (Fsp3) is 0.611. The van der Waals surface area contributed by atoms with Crippen molar-refractivity contribution >= 4 is 17.4 Å². The molecule has 2 aromatic rings. The highest BCUT2D eigenvalue weighted by Gasteiger charge is 2.39.